The van der Waals surface area contributed by atoms with Gasteiger partial charge >= 0.3 is 6.18 Å². The molecule has 1 aliphatic heterocycles. The van der Waals surface area contributed by atoms with Crippen LogP contribution in [0.1, 0.15) is 105 Å². The van der Waals surface area contributed by atoms with Crippen LogP contribution in [0.4, 0.5) is 23.3 Å². The van der Waals surface area contributed by atoms with Crippen LogP contribution in [0.25, 0.3) is 17.3 Å². The number of methoxy groups -OCH3 is 1. The van der Waals surface area contributed by atoms with E-state index in [1.165, 1.54) is 13.3 Å². The predicted molar refractivity (Wildman–Crippen MR) is 342 cm³/mol. The fraction of sp³-hybridized carbons (Fsp3) is 0.576. The average Bonchev–Trinajstić information content (AvgIpc) is 1.65. The van der Waals surface area contributed by atoms with Crippen molar-refractivity contribution in [3.05, 3.63) is 95.3 Å². The Balaban J connectivity index is 0.687. The number of amides is 6. The molecular formula is C66H90F3N9O13S. The van der Waals surface area contributed by atoms with Crippen molar-refractivity contribution in [3.63, 3.8) is 0 Å². The van der Waals surface area contributed by atoms with E-state index in [2.05, 4.69) is 36.6 Å². The van der Waals surface area contributed by atoms with Crippen LogP contribution >= 0.6 is 11.3 Å². The fourth-order valence-electron chi connectivity index (χ4n) is 11.1. The Kier molecular flexibility index (Phi) is 30.2. The lowest BCUT2D eigenvalue weighted by atomic mass is 9.81. The molecule has 4 aromatic rings. The molecule has 1 unspecified atom stereocenters. The highest BCUT2D eigenvalue weighted by Crippen LogP contribution is 2.41. The van der Waals surface area contributed by atoms with Crippen molar-refractivity contribution >= 4 is 63.0 Å². The third kappa shape index (κ3) is 23.6. The quantitative estimate of drug-likeness (QED) is 0.0269. The van der Waals surface area contributed by atoms with E-state index in [1.54, 1.807) is 43.0 Å². The van der Waals surface area contributed by atoms with Crippen molar-refractivity contribution in [2.24, 2.45) is 17.8 Å². The number of thiazole rings is 1. The van der Waals surface area contributed by atoms with E-state index in [4.69, 9.17) is 33.2 Å². The number of nitrogens with zero attached hydrogens (tertiary/aromatic N) is 4. The fourth-order valence-corrected chi connectivity index (χ4v) is 12.0. The highest BCUT2D eigenvalue weighted by Gasteiger charge is 2.43. The van der Waals surface area contributed by atoms with Crippen molar-refractivity contribution in [1.29, 1.82) is 0 Å². The molecule has 3 aliphatic rings. The van der Waals surface area contributed by atoms with Crippen LogP contribution < -0.4 is 31.3 Å². The minimum Gasteiger partial charge on any atom is -0.495 e. The molecule has 2 saturated carbocycles. The highest BCUT2D eigenvalue weighted by atomic mass is 32.1. The molecule has 7 rings (SSSR count). The van der Waals surface area contributed by atoms with E-state index < -0.39 is 42.0 Å². The number of ether oxygens (including phenoxy) is 7. The van der Waals surface area contributed by atoms with Gasteiger partial charge in [0.2, 0.25) is 23.6 Å². The molecule has 0 spiro atoms. The standard InChI is InChI=1S/C66H90F3N9O13S/c1-45(70-2)60(81)74-59(50-17-9-6-10-18-50)64(84)78-26-12-19-54(78)62(83)76-63-58(49-15-7-5-8-16-49)75-65(92-63)73-56(79)44-91-38-37-90-36-35-89-34-33-88-32-31-87-30-29-86-28-27-77(3)57(80)40-47-13-11-14-48(39-47)42-72-61(82)53-41-51(55(85-4)43-71-53)23-20-46-21-24-52(25-22-46)66(67,68)69/h5,7-8,11,13-16,20,23,39,41,43,45-46,50,52,54,59,70H,6,9-10,12,17-19,21-22,24-38,40,42,44H2,1-4H3,(H,72,82)(H,74,81)(H,76,83)(H,73,75,79)/b23-20+/t45-,46-,52-,54-,59?/m0/s1. The summed E-state index contributed by atoms with van der Waals surface area (Å²) in [6.07, 6.45) is 8.00. The molecule has 1 saturated heterocycles. The number of pyridine rings is 1. The number of carbonyl (C=O) groups excluding carboxylic acids is 6. The summed E-state index contributed by atoms with van der Waals surface area (Å²) in [7, 11) is 4.89. The number of rotatable bonds is 37. The maximum Gasteiger partial charge on any atom is 0.391 e. The van der Waals surface area contributed by atoms with Crippen molar-refractivity contribution in [2.75, 3.05) is 124 Å². The number of halogens is 3. The zero-order chi connectivity index (χ0) is 65.7. The Morgan fingerprint density at radius 3 is 2.04 bits per heavy atom. The van der Waals surface area contributed by atoms with Gasteiger partial charge in [-0.05, 0) is 94.4 Å². The SMILES string of the molecule is CN[C@@H](C)C(=O)NC(C(=O)N1CCC[C@H]1C(=O)Nc1sc(NC(=O)COCCOCCOCCOCCOCCOCCN(C)C(=O)Cc2cccc(CNC(=O)c3cc(/C=C/[C@H]4CC[C@H](C(F)(F)F)CC4)c(OC)cn3)c2)nc1-c1ccccc1)C1CCCCC1. The smallest absolute Gasteiger partial charge is 0.391 e. The normalized spacial score (nSPS) is 17.7. The number of benzene rings is 2. The largest absolute Gasteiger partial charge is 0.495 e. The molecule has 22 nitrogen and oxygen atoms in total. The number of nitrogens with one attached hydrogen (secondary N) is 5. The molecule has 3 atom stereocenters. The lowest BCUT2D eigenvalue weighted by Gasteiger charge is -2.35. The molecule has 0 bridgehead atoms. The van der Waals surface area contributed by atoms with Gasteiger partial charge in [-0.2, -0.15) is 13.2 Å². The molecule has 2 aromatic heterocycles. The monoisotopic (exact) mass is 1310 g/mol. The lowest BCUT2D eigenvalue weighted by molar-refractivity contribution is -0.183. The molecular weight excluding hydrogens is 1220 g/mol. The van der Waals surface area contributed by atoms with Gasteiger partial charge in [-0.25, -0.2) is 9.97 Å². The van der Waals surface area contributed by atoms with Gasteiger partial charge in [0, 0.05) is 37.8 Å². The van der Waals surface area contributed by atoms with Gasteiger partial charge < -0.3 is 64.2 Å². The number of alkyl halides is 3. The zero-order valence-corrected chi connectivity index (χ0v) is 54.0. The van der Waals surface area contributed by atoms with Crippen molar-refractivity contribution < 1.29 is 75.1 Å². The summed E-state index contributed by atoms with van der Waals surface area (Å²) in [5.41, 5.74) is 3.55. The number of aromatic nitrogens is 2. The predicted octanol–water partition coefficient (Wildman–Crippen LogP) is 7.87. The maximum absolute atomic E-state index is 14.3. The van der Waals surface area contributed by atoms with E-state index >= 15 is 0 Å². The summed E-state index contributed by atoms with van der Waals surface area (Å²) in [4.78, 5) is 92.6. The van der Waals surface area contributed by atoms with Gasteiger partial charge in [-0.15, -0.1) is 0 Å². The molecule has 3 fully saturated rings. The third-order valence-electron chi connectivity index (χ3n) is 16.5. The van der Waals surface area contributed by atoms with E-state index in [0.29, 0.717) is 120 Å². The number of carbonyl (C=O) groups is 6. The number of likely N-dealkylation sites (N-methyl/N-ethyl adjacent to an activating group) is 2. The van der Waals surface area contributed by atoms with Crippen LogP contribution in [0.2, 0.25) is 0 Å². The first-order valence-electron chi connectivity index (χ1n) is 31.8. The van der Waals surface area contributed by atoms with Gasteiger partial charge in [0.05, 0.1) is 104 Å². The van der Waals surface area contributed by atoms with Gasteiger partial charge in [0.1, 0.15) is 40.8 Å². The number of allylic oxidation sites excluding steroid dienone is 1. The molecule has 0 radical (unpaired) electrons. The van der Waals surface area contributed by atoms with Crippen LogP contribution in [-0.4, -0.2) is 193 Å². The van der Waals surface area contributed by atoms with Gasteiger partial charge in [0.15, 0.2) is 5.13 Å². The molecule has 5 N–H and O–H groups in total. The van der Waals surface area contributed by atoms with Crippen LogP contribution in [0, 0.1) is 17.8 Å². The summed E-state index contributed by atoms with van der Waals surface area (Å²) in [5.74, 6) is -2.63. The summed E-state index contributed by atoms with van der Waals surface area (Å²) in [6.45, 7) is 6.03. The van der Waals surface area contributed by atoms with Crippen molar-refractivity contribution in [1.82, 2.24) is 35.7 Å². The van der Waals surface area contributed by atoms with Crippen LogP contribution in [0.15, 0.2) is 72.9 Å². The second-order valence-electron chi connectivity index (χ2n) is 23.1. The Bertz CT molecular complexity index is 3000. The second kappa shape index (κ2) is 38.3. The minimum absolute atomic E-state index is 0.000236. The number of anilines is 2. The number of hydrogen-bond acceptors (Lipinski definition) is 17. The molecule has 26 heteroatoms. The summed E-state index contributed by atoms with van der Waals surface area (Å²) in [5, 5.41) is 15.3. The van der Waals surface area contributed by atoms with E-state index in [-0.39, 0.29) is 91.9 Å². The van der Waals surface area contributed by atoms with Crippen molar-refractivity contribution in [2.45, 2.75) is 115 Å². The molecule has 2 aliphatic carbocycles. The first-order chi connectivity index (χ1) is 44.5. The van der Waals surface area contributed by atoms with E-state index in [9.17, 15) is 41.9 Å². The van der Waals surface area contributed by atoms with Gasteiger partial charge in [-0.3, -0.25) is 34.1 Å². The minimum atomic E-state index is -4.17. The molecule has 504 valence electrons. The van der Waals surface area contributed by atoms with E-state index in [1.807, 2.05) is 60.7 Å². The first kappa shape index (κ1) is 72.5. The average molecular weight is 1310 g/mol. The van der Waals surface area contributed by atoms with Crippen LogP contribution in [0.5, 0.6) is 5.75 Å². The van der Waals surface area contributed by atoms with E-state index in [0.717, 1.165) is 60.1 Å². The highest BCUT2D eigenvalue weighted by molar-refractivity contribution is 7.20. The van der Waals surface area contributed by atoms with Crippen molar-refractivity contribution in [3.8, 4) is 17.0 Å². The summed E-state index contributed by atoms with van der Waals surface area (Å²) < 4.78 is 78.4. The Hall–Kier alpha value is -6.91. The lowest BCUT2D eigenvalue weighted by Crippen LogP contribution is -2.57. The molecule has 92 heavy (non-hydrogen) atoms. The van der Waals surface area contributed by atoms with Gasteiger partial charge in [0.25, 0.3) is 11.8 Å². The summed E-state index contributed by atoms with van der Waals surface area (Å²) >= 11 is 1.11. The topological polar surface area (TPSA) is 259 Å². The van der Waals surface area contributed by atoms with Crippen LogP contribution in [0.3, 0.4) is 0 Å². The van der Waals surface area contributed by atoms with Gasteiger partial charge in [-0.1, -0.05) is 97.3 Å². The zero-order valence-electron chi connectivity index (χ0n) is 53.2. The Labute approximate surface area is 540 Å². The first-order valence-corrected chi connectivity index (χ1v) is 32.6. The number of hydrogen-bond donors (Lipinski definition) is 5. The second-order valence-corrected chi connectivity index (χ2v) is 24.1. The molecule has 2 aromatic carbocycles. The maximum atomic E-state index is 14.3. The Morgan fingerprint density at radius 2 is 1.40 bits per heavy atom. The summed E-state index contributed by atoms with van der Waals surface area (Å²) in [6, 6.07) is 16.3. The molecule has 6 amide bonds. The third-order valence-corrected chi connectivity index (χ3v) is 17.4. The molecule has 3 heterocycles. The Morgan fingerprint density at radius 1 is 0.761 bits per heavy atom. The van der Waals surface area contributed by atoms with Crippen LogP contribution in [-0.2, 0) is 65.4 Å². The number of likely N-dealkylation sites (tertiary alicyclic amines) is 1.